The first-order valence-corrected chi connectivity index (χ1v) is 9.90. The Balaban J connectivity index is 0. The molecule has 0 aromatic heterocycles. The van der Waals surface area contributed by atoms with Crippen LogP contribution in [0.2, 0.25) is 0 Å². The van der Waals surface area contributed by atoms with Gasteiger partial charge in [0.2, 0.25) is 0 Å². The summed E-state index contributed by atoms with van der Waals surface area (Å²) in [6.07, 6.45) is 9.03. The fourth-order valence-electron chi connectivity index (χ4n) is 2.12. The van der Waals surface area contributed by atoms with E-state index in [0.29, 0.717) is 18.6 Å². The van der Waals surface area contributed by atoms with Crippen molar-refractivity contribution < 1.29 is 63.2 Å². The summed E-state index contributed by atoms with van der Waals surface area (Å²) in [5, 5.41) is 12.2. The van der Waals surface area contributed by atoms with Gasteiger partial charge in [0, 0.05) is 12.0 Å². The molecular formula is C17H31NaO7S. The van der Waals surface area contributed by atoms with Crippen molar-refractivity contribution in [2.24, 2.45) is 0 Å². The van der Waals surface area contributed by atoms with Crippen LogP contribution in [0.4, 0.5) is 0 Å². The van der Waals surface area contributed by atoms with Crippen LogP contribution in [-0.2, 0) is 28.4 Å². The Labute approximate surface area is 183 Å². The number of unbranched alkanes of at least 4 members (excludes halogenated alkanes) is 7. The van der Waals surface area contributed by atoms with Crippen LogP contribution in [0, 0.1) is 0 Å². The second-order valence-corrected chi connectivity index (χ2v) is 6.69. The van der Waals surface area contributed by atoms with Crippen LogP contribution >= 0.6 is 12.0 Å². The van der Waals surface area contributed by atoms with Crippen LogP contribution in [0.1, 0.15) is 78.1 Å². The molecule has 0 aromatic carbocycles. The number of rotatable bonds is 17. The van der Waals surface area contributed by atoms with Crippen LogP contribution < -0.4 is 34.8 Å². The molecule has 0 amide bonds. The average Bonchev–Trinajstić information content (AvgIpc) is 2.61. The van der Waals surface area contributed by atoms with E-state index in [-0.39, 0.29) is 42.6 Å². The van der Waals surface area contributed by atoms with E-state index >= 15 is 0 Å². The van der Waals surface area contributed by atoms with Gasteiger partial charge >= 0.3 is 41.5 Å². The SMILES string of the molecule is CCCCCCCCOC(=O)CC(SOO[O-])C(=O)OCCCCC.[Na+]. The maximum Gasteiger partial charge on any atom is 1.00 e. The minimum Gasteiger partial charge on any atom is -0.691 e. The van der Waals surface area contributed by atoms with Gasteiger partial charge in [0.1, 0.15) is 5.25 Å². The minimum absolute atomic E-state index is 0. The Kier molecular flexibility index (Phi) is 23.4. The third-order valence-corrected chi connectivity index (χ3v) is 4.28. The Morgan fingerprint density at radius 1 is 0.885 bits per heavy atom. The van der Waals surface area contributed by atoms with Crippen molar-refractivity contribution in [3.63, 3.8) is 0 Å². The second-order valence-electron chi connectivity index (χ2n) is 5.79. The molecule has 9 heteroatoms. The van der Waals surface area contributed by atoms with E-state index in [9.17, 15) is 14.8 Å². The molecule has 1 unspecified atom stereocenters. The van der Waals surface area contributed by atoms with Gasteiger partial charge in [-0.3, -0.25) is 14.6 Å². The molecular weight excluding hydrogens is 371 g/mol. The summed E-state index contributed by atoms with van der Waals surface area (Å²) in [7, 11) is 0. The second kappa shape index (κ2) is 21.5. The van der Waals surface area contributed by atoms with Crippen molar-refractivity contribution in [1.82, 2.24) is 0 Å². The molecule has 7 nitrogen and oxygen atoms in total. The molecule has 0 saturated heterocycles. The molecule has 0 bridgehead atoms. The van der Waals surface area contributed by atoms with Gasteiger partial charge < -0.3 is 14.7 Å². The van der Waals surface area contributed by atoms with Crippen LogP contribution in [0.25, 0.3) is 0 Å². The van der Waals surface area contributed by atoms with Gasteiger partial charge in [0.05, 0.1) is 19.6 Å². The predicted octanol–water partition coefficient (Wildman–Crippen LogP) is 0.258. The van der Waals surface area contributed by atoms with Crippen molar-refractivity contribution in [2.75, 3.05) is 13.2 Å². The molecule has 0 saturated carbocycles. The van der Waals surface area contributed by atoms with E-state index in [2.05, 4.69) is 16.3 Å². The number of carbonyl (C=O) groups is 2. The molecule has 0 aliphatic carbocycles. The van der Waals surface area contributed by atoms with Gasteiger partial charge in [0.25, 0.3) is 0 Å². The smallest absolute Gasteiger partial charge is 0.691 e. The first-order chi connectivity index (χ1) is 12.2. The van der Waals surface area contributed by atoms with Crippen molar-refractivity contribution in [3.05, 3.63) is 0 Å². The maximum atomic E-state index is 11.9. The molecule has 1 atom stereocenters. The van der Waals surface area contributed by atoms with E-state index < -0.39 is 17.2 Å². The Bertz CT molecular complexity index is 345. The first kappa shape index (κ1) is 28.4. The molecule has 0 N–H and O–H groups in total. The summed E-state index contributed by atoms with van der Waals surface area (Å²) >= 11 is 0.464. The van der Waals surface area contributed by atoms with Gasteiger partial charge in [0.15, 0.2) is 0 Å². The summed E-state index contributed by atoms with van der Waals surface area (Å²) in [5.74, 6) is -1.14. The summed E-state index contributed by atoms with van der Waals surface area (Å²) in [6.45, 7) is 4.80. The zero-order chi connectivity index (χ0) is 18.8. The third kappa shape index (κ3) is 17.6. The summed E-state index contributed by atoms with van der Waals surface area (Å²) in [4.78, 5) is 23.8. The van der Waals surface area contributed by atoms with Gasteiger partial charge in [-0.1, -0.05) is 58.8 Å². The van der Waals surface area contributed by atoms with E-state index in [4.69, 9.17) is 9.47 Å². The maximum absolute atomic E-state index is 11.9. The third-order valence-electron chi connectivity index (χ3n) is 3.55. The number of ether oxygens (including phenoxy) is 2. The van der Waals surface area contributed by atoms with E-state index in [1.165, 1.54) is 19.3 Å². The van der Waals surface area contributed by atoms with Crippen molar-refractivity contribution in [3.8, 4) is 0 Å². The Hall–Kier alpha value is 0.170. The molecule has 0 fully saturated rings. The van der Waals surface area contributed by atoms with Gasteiger partial charge in [-0.15, -0.1) is 0 Å². The monoisotopic (exact) mass is 402 g/mol. The zero-order valence-corrected chi connectivity index (χ0v) is 19.1. The molecule has 0 radical (unpaired) electrons. The van der Waals surface area contributed by atoms with E-state index in [1.54, 1.807) is 0 Å². The predicted molar refractivity (Wildman–Crippen MR) is 93.0 cm³/mol. The number of hydrogen-bond acceptors (Lipinski definition) is 8. The van der Waals surface area contributed by atoms with E-state index in [1.807, 2.05) is 6.92 Å². The van der Waals surface area contributed by atoms with Gasteiger partial charge in [-0.25, -0.2) is 0 Å². The molecule has 148 valence electrons. The molecule has 0 aromatic rings. The van der Waals surface area contributed by atoms with Crippen LogP contribution in [0.15, 0.2) is 0 Å². The molecule has 0 aliphatic rings. The average molecular weight is 402 g/mol. The van der Waals surface area contributed by atoms with Crippen LogP contribution in [-0.4, -0.2) is 30.4 Å². The molecule has 0 aliphatic heterocycles. The Morgan fingerprint density at radius 3 is 2.08 bits per heavy atom. The summed E-state index contributed by atoms with van der Waals surface area (Å²) < 4.78 is 14.4. The van der Waals surface area contributed by atoms with E-state index in [0.717, 1.165) is 38.5 Å². The number of carbonyl (C=O) groups excluding carboxylic acids is 2. The standard InChI is InChI=1S/C17H32O7S.Na/c1-3-5-7-8-9-11-12-21-16(18)14-15(25-24-23-20)17(19)22-13-10-6-4-2;/h15,20H,3-14H2,1-2H3;/q;+1/p-1. The summed E-state index contributed by atoms with van der Waals surface area (Å²) in [6, 6.07) is 0. The van der Waals surface area contributed by atoms with Crippen LogP contribution in [0.5, 0.6) is 0 Å². The molecule has 26 heavy (non-hydrogen) atoms. The largest absolute Gasteiger partial charge is 1.00 e. The van der Waals surface area contributed by atoms with Crippen molar-refractivity contribution in [1.29, 1.82) is 0 Å². The zero-order valence-electron chi connectivity index (χ0n) is 16.3. The topological polar surface area (TPSA) is 94.1 Å². The fraction of sp³-hybridized carbons (Fsp3) is 0.882. The molecule has 0 spiro atoms. The van der Waals surface area contributed by atoms with Crippen molar-refractivity contribution >= 4 is 24.0 Å². The van der Waals surface area contributed by atoms with Gasteiger partial charge in [-0.2, -0.15) is 4.33 Å². The fourth-order valence-corrected chi connectivity index (χ4v) is 2.59. The number of hydrogen-bond donors (Lipinski definition) is 0. The first-order valence-electron chi connectivity index (χ1n) is 9.09. The molecule has 0 rings (SSSR count). The van der Waals surface area contributed by atoms with Crippen LogP contribution in [0.3, 0.4) is 0 Å². The molecule has 0 heterocycles. The van der Waals surface area contributed by atoms with Crippen molar-refractivity contribution in [2.45, 2.75) is 83.3 Å². The quantitative estimate of drug-likeness (QED) is 0.0854. The number of esters is 2. The Morgan fingerprint density at radius 2 is 1.42 bits per heavy atom. The summed E-state index contributed by atoms with van der Waals surface area (Å²) in [5.41, 5.74) is 0. The minimum atomic E-state index is -0.979. The normalized spacial score (nSPS) is 11.5. The van der Waals surface area contributed by atoms with Gasteiger partial charge in [-0.05, 0) is 12.8 Å².